The van der Waals surface area contributed by atoms with Gasteiger partial charge in [0.25, 0.3) is 5.91 Å². The third kappa shape index (κ3) is 6.70. The normalized spacial score (nSPS) is 17.7. The zero-order chi connectivity index (χ0) is 24.8. The van der Waals surface area contributed by atoms with E-state index >= 15 is 0 Å². The highest BCUT2D eigenvalue weighted by atomic mass is 35.5. The van der Waals surface area contributed by atoms with Crippen molar-refractivity contribution in [1.29, 1.82) is 0 Å². The van der Waals surface area contributed by atoms with Crippen LogP contribution in [0.25, 0.3) is 0 Å². The number of morpholine rings is 1. The van der Waals surface area contributed by atoms with E-state index in [1.54, 1.807) is 32.2 Å². The van der Waals surface area contributed by atoms with Gasteiger partial charge in [0.1, 0.15) is 5.75 Å². The number of aryl methyl sites for hydroxylation is 1. The van der Waals surface area contributed by atoms with Crippen LogP contribution in [-0.4, -0.2) is 84.8 Å². The van der Waals surface area contributed by atoms with E-state index in [-0.39, 0.29) is 5.91 Å². The molecule has 0 unspecified atom stereocenters. The zero-order valence-corrected chi connectivity index (χ0v) is 21.1. The third-order valence-corrected chi connectivity index (χ3v) is 6.85. The van der Waals surface area contributed by atoms with Crippen molar-refractivity contribution < 1.29 is 14.3 Å². The molecule has 188 valence electrons. The number of carbonyl (C=O) groups excluding carboxylic acids is 1. The van der Waals surface area contributed by atoms with Crippen LogP contribution in [0.3, 0.4) is 0 Å². The number of hydrogen-bond acceptors (Lipinski definition) is 8. The summed E-state index contributed by atoms with van der Waals surface area (Å²) in [6.45, 7) is 12.0. The lowest BCUT2D eigenvalue weighted by Crippen LogP contribution is -2.49. The first kappa shape index (κ1) is 25.4. The average Bonchev–Trinajstić information content (AvgIpc) is 2.87. The Balaban J connectivity index is 1.32. The van der Waals surface area contributed by atoms with Gasteiger partial charge < -0.3 is 20.1 Å². The fourth-order valence-electron chi connectivity index (χ4n) is 4.46. The van der Waals surface area contributed by atoms with Gasteiger partial charge in [-0.05, 0) is 51.1 Å². The largest absolute Gasteiger partial charge is 0.495 e. The molecule has 0 saturated carbocycles. The number of piperidine rings is 1. The summed E-state index contributed by atoms with van der Waals surface area (Å²) in [4.78, 5) is 26.2. The highest BCUT2D eigenvalue weighted by molar-refractivity contribution is 6.31. The monoisotopic (exact) mass is 500 g/mol. The number of amides is 1. The number of likely N-dealkylation sites (tertiary alicyclic amines) is 1. The Morgan fingerprint density at radius 2 is 2.00 bits per heavy atom. The number of halogens is 1. The summed E-state index contributed by atoms with van der Waals surface area (Å²) in [7, 11) is 1.58. The van der Waals surface area contributed by atoms with Crippen LogP contribution in [-0.2, 0) is 9.53 Å². The Morgan fingerprint density at radius 3 is 2.69 bits per heavy atom. The molecule has 2 aromatic rings. The molecule has 2 saturated heterocycles. The maximum Gasteiger partial charge on any atom is 0.252 e. The number of carbonyl (C=O) groups is 1. The molecule has 2 aliphatic rings. The number of rotatable bonds is 8. The number of ether oxygens (including phenoxy) is 2. The van der Waals surface area contributed by atoms with Crippen LogP contribution in [0.15, 0.2) is 36.5 Å². The molecule has 9 nitrogen and oxygen atoms in total. The minimum absolute atomic E-state index is 0.199. The summed E-state index contributed by atoms with van der Waals surface area (Å²) in [5, 5.41) is 6.57. The Morgan fingerprint density at radius 1 is 1.26 bits per heavy atom. The molecule has 4 rings (SSSR count). The van der Waals surface area contributed by atoms with E-state index in [1.165, 1.54) is 6.20 Å². The van der Waals surface area contributed by atoms with E-state index in [4.69, 9.17) is 21.1 Å². The van der Waals surface area contributed by atoms with Crippen LogP contribution >= 0.6 is 11.6 Å². The van der Waals surface area contributed by atoms with E-state index in [9.17, 15) is 4.79 Å². The zero-order valence-electron chi connectivity index (χ0n) is 20.3. The Hall–Kier alpha value is -2.72. The van der Waals surface area contributed by atoms with Gasteiger partial charge >= 0.3 is 0 Å². The number of aromatic nitrogens is 2. The first-order chi connectivity index (χ1) is 16.9. The predicted octanol–water partition coefficient (Wildman–Crippen LogP) is 3.48. The van der Waals surface area contributed by atoms with Gasteiger partial charge in [0.05, 0.1) is 42.9 Å². The van der Waals surface area contributed by atoms with Gasteiger partial charge in [0, 0.05) is 36.9 Å². The van der Waals surface area contributed by atoms with Crippen LogP contribution in [0, 0.1) is 6.92 Å². The number of nitrogens with one attached hydrogen (secondary N) is 2. The highest BCUT2D eigenvalue weighted by Crippen LogP contribution is 2.30. The number of nitrogens with zero attached hydrogens (tertiary/aromatic N) is 4. The third-order valence-electron chi connectivity index (χ3n) is 6.48. The van der Waals surface area contributed by atoms with E-state index in [0.29, 0.717) is 51.9 Å². The predicted molar refractivity (Wildman–Crippen MR) is 138 cm³/mol. The van der Waals surface area contributed by atoms with Gasteiger partial charge in [0.2, 0.25) is 5.95 Å². The fraction of sp³-hybridized carbons (Fsp3) is 0.480. The SMILES string of the molecule is C=C(CN1CCC(N2CCOCC2)CC1)C(=O)Nc1ccc(OC)c(Nc2ncc(Cl)c(C)n2)c1. The van der Waals surface area contributed by atoms with Gasteiger partial charge in [-0.1, -0.05) is 18.2 Å². The second kappa shape index (κ2) is 11.8. The number of anilines is 3. The second-order valence-electron chi connectivity index (χ2n) is 8.88. The van der Waals surface area contributed by atoms with Crippen molar-refractivity contribution in [3.63, 3.8) is 0 Å². The van der Waals surface area contributed by atoms with Gasteiger partial charge in [-0.3, -0.25) is 14.6 Å². The molecule has 1 aromatic carbocycles. The molecule has 0 bridgehead atoms. The highest BCUT2D eigenvalue weighted by Gasteiger charge is 2.26. The topological polar surface area (TPSA) is 91.9 Å². The van der Waals surface area contributed by atoms with Crippen molar-refractivity contribution in [2.75, 3.05) is 63.7 Å². The molecule has 2 N–H and O–H groups in total. The molecule has 1 aromatic heterocycles. The summed E-state index contributed by atoms with van der Waals surface area (Å²) in [5.74, 6) is 0.787. The van der Waals surface area contributed by atoms with Crippen LogP contribution < -0.4 is 15.4 Å². The molecular weight excluding hydrogens is 468 g/mol. The summed E-state index contributed by atoms with van der Waals surface area (Å²) in [6.07, 6.45) is 3.75. The first-order valence-electron chi connectivity index (χ1n) is 11.9. The van der Waals surface area contributed by atoms with E-state index < -0.39 is 0 Å². The molecule has 10 heteroatoms. The van der Waals surface area contributed by atoms with Crippen molar-refractivity contribution in [2.45, 2.75) is 25.8 Å². The summed E-state index contributed by atoms with van der Waals surface area (Å²) in [5.41, 5.74) is 2.45. The van der Waals surface area contributed by atoms with Gasteiger partial charge in [-0.2, -0.15) is 0 Å². The molecule has 1 amide bonds. The summed E-state index contributed by atoms with van der Waals surface area (Å²) in [6, 6.07) is 5.96. The quantitative estimate of drug-likeness (QED) is 0.532. The maximum absolute atomic E-state index is 12.9. The second-order valence-corrected chi connectivity index (χ2v) is 9.29. The Kier molecular flexibility index (Phi) is 8.56. The number of hydrogen-bond donors (Lipinski definition) is 2. The summed E-state index contributed by atoms with van der Waals surface area (Å²) < 4.78 is 10.9. The van der Waals surface area contributed by atoms with Crippen molar-refractivity contribution in [3.8, 4) is 5.75 Å². The lowest BCUT2D eigenvalue weighted by molar-refractivity contribution is -0.113. The van der Waals surface area contributed by atoms with Crippen molar-refractivity contribution in [3.05, 3.63) is 47.3 Å². The maximum atomic E-state index is 12.9. The van der Waals surface area contributed by atoms with Gasteiger partial charge in [-0.25, -0.2) is 9.97 Å². The number of benzene rings is 1. The van der Waals surface area contributed by atoms with Gasteiger partial charge in [0.15, 0.2) is 0 Å². The van der Waals surface area contributed by atoms with Crippen molar-refractivity contribution >= 4 is 34.8 Å². The first-order valence-corrected chi connectivity index (χ1v) is 12.3. The lowest BCUT2D eigenvalue weighted by Gasteiger charge is -2.40. The molecule has 2 aliphatic heterocycles. The smallest absolute Gasteiger partial charge is 0.252 e. The molecule has 0 aliphatic carbocycles. The Bertz CT molecular complexity index is 1050. The van der Waals surface area contributed by atoms with E-state index in [1.807, 2.05) is 0 Å². The van der Waals surface area contributed by atoms with Crippen molar-refractivity contribution in [1.82, 2.24) is 19.8 Å². The molecule has 2 fully saturated rings. The lowest BCUT2D eigenvalue weighted by atomic mass is 10.0. The molecular formula is C25H33ClN6O3. The molecule has 0 spiro atoms. The van der Waals surface area contributed by atoms with Crippen molar-refractivity contribution in [2.24, 2.45) is 0 Å². The Labute approximate surface area is 211 Å². The summed E-state index contributed by atoms with van der Waals surface area (Å²) >= 11 is 6.02. The van der Waals surface area contributed by atoms with Crippen LogP contribution in [0.5, 0.6) is 5.75 Å². The fourth-order valence-corrected chi connectivity index (χ4v) is 4.55. The molecule has 0 atom stereocenters. The number of methoxy groups -OCH3 is 1. The average molecular weight is 501 g/mol. The minimum atomic E-state index is -0.199. The van der Waals surface area contributed by atoms with Crippen LogP contribution in [0.2, 0.25) is 5.02 Å². The molecule has 35 heavy (non-hydrogen) atoms. The minimum Gasteiger partial charge on any atom is -0.495 e. The molecule has 0 radical (unpaired) electrons. The van der Waals surface area contributed by atoms with Crippen LogP contribution in [0.4, 0.5) is 17.3 Å². The van der Waals surface area contributed by atoms with E-state index in [0.717, 1.165) is 52.2 Å². The van der Waals surface area contributed by atoms with Crippen LogP contribution in [0.1, 0.15) is 18.5 Å². The molecule has 3 heterocycles. The van der Waals surface area contributed by atoms with E-state index in [2.05, 4.69) is 37.0 Å². The standard InChI is InChI=1S/C25H33ClN6O3/c1-17(16-31-8-6-20(7-9-31)32-10-12-35-13-11-32)24(33)29-19-4-5-23(34-3)22(14-19)30-25-27-15-21(26)18(2)28-25/h4-5,14-15,20H,1,6-13,16H2,2-3H3,(H,29,33)(H,27,28,30). The van der Waals surface area contributed by atoms with Gasteiger partial charge in [-0.15, -0.1) is 0 Å².